The van der Waals surface area contributed by atoms with Gasteiger partial charge in [0.15, 0.2) is 4.80 Å². The molecule has 182 valence electrons. The number of nitrogens with zero attached hydrogens (tertiary/aromatic N) is 2. The Labute approximate surface area is 215 Å². The molecule has 0 atom stereocenters. The van der Waals surface area contributed by atoms with Crippen molar-refractivity contribution in [1.82, 2.24) is 4.57 Å². The van der Waals surface area contributed by atoms with Crippen molar-refractivity contribution in [2.45, 2.75) is 11.4 Å². The van der Waals surface area contributed by atoms with Crippen LogP contribution in [0.1, 0.15) is 10.4 Å². The average molecular weight is 576 g/mol. The van der Waals surface area contributed by atoms with Crippen LogP contribution in [0.5, 0.6) is 5.75 Å². The van der Waals surface area contributed by atoms with Gasteiger partial charge in [0.25, 0.3) is 15.9 Å². The number of amides is 1. The molecular formula is C24H22BrN3O5S2. The number of thiazole rings is 1. The first-order chi connectivity index (χ1) is 16.8. The molecule has 11 heteroatoms. The van der Waals surface area contributed by atoms with Gasteiger partial charge in [0.05, 0.1) is 28.8 Å². The van der Waals surface area contributed by atoms with Crippen LogP contribution in [-0.2, 0) is 21.3 Å². The number of methoxy groups -OCH3 is 2. The summed E-state index contributed by atoms with van der Waals surface area (Å²) >= 11 is 4.89. The highest BCUT2D eigenvalue weighted by atomic mass is 79.9. The zero-order valence-electron chi connectivity index (χ0n) is 18.9. The number of fused-ring (bicyclic) bond motifs is 1. The topological polar surface area (TPSA) is 99.0 Å². The Morgan fingerprint density at radius 1 is 1.06 bits per heavy atom. The van der Waals surface area contributed by atoms with Crippen LogP contribution in [0.2, 0.25) is 0 Å². The Bertz CT molecular complexity index is 1530. The molecule has 0 saturated carbocycles. The molecule has 0 radical (unpaired) electrons. The Morgan fingerprint density at radius 3 is 2.43 bits per heavy atom. The number of sulfonamides is 1. The van der Waals surface area contributed by atoms with Gasteiger partial charge in [0.1, 0.15) is 5.75 Å². The molecule has 3 aromatic carbocycles. The third-order valence-electron chi connectivity index (χ3n) is 5.11. The van der Waals surface area contributed by atoms with Crippen molar-refractivity contribution in [3.63, 3.8) is 0 Å². The Morgan fingerprint density at radius 2 is 1.77 bits per heavy atom. The number of rotatable bonds is 8. The van der Waals surface area contributed by atoms with Crippen LogP contribution < -0.4 is 14.3 Å². The van der Waals surface area contributed by atoms with Crippen LogP contribution in [0.15, 0.2) is 81.1 Å². The molecule has 0 bridgehead atoms. The molecule has 35 heavy (non-hydrogen) atoms. The van der Waals surface area contributed by atoms with Crippen LogP contribution in [0.3, 0.4) is 0 Å². The summed E-state index contributed by atoms with van der Waals surface area (Å²) in [6.45, 7) is 1.03. The standard InChI is InChI=1S/C24H22BrN3O5S2/c1-32-14-13-28-21-12-5-17(25)15-22(21)34-24(28)26-23(29)16-3-6-18(7-4-16)27-35(30,31)20-10-8-19(33-2)9-11-20/h3-12,15,27H,13-14H2,1-2H3. The molecule has 0 aliphatic carbocycles. The Hall–Kier alpha value is -2.99. The molecule has 4 rings (SSSR count). The summed E-state index contributed by atoms with van der Waals surface area (Å²) in [6.07, 6.45) is 0. The van der Waals surface area contributed by atoms with E-state index in [0.717, 1.165) is 14.7 Å². The van der Waals surface area contributed by atoms with E-state index >= 15 is 0 Å². The van der Waals surface area contributed by atoms with Crippen molar-refractivity contribution >= 4 is 59.1 Å². The number of halogens is 1. The number of anilines is 1. The van der Waals surface area contributed by atoms with E-state index in [9.17, 15) is 13.2 Å². The molecule has 4 aromatic rings. The number of carbonyl (C=O) groups is 1. The minimum absolute atomic E-state index is 0.102. The van der Waals surface area contributed by atoms with E-state index in [-0.39, 0.29) is 4.90 Å². The van der Waals surface area contributed by atoms with Gasteiger partial charge in [-0.15, -0.1) is 0 Å². The van der Waals surface area contributed by atoms with Gasteiger partial charge in [-0.25, -0.2) is 8.42 Å². The highest BCUT2D eigenvalue weighted by Gasteiger charge is 2.15. The summed E-state index contributed by atoms with van der Waals surface area (Å²) in [6, 6.07) is 18.1. The number of nitrogens with one attached hydrogen (secondary N) is 1. The van der Waals surface area contributed by atoms with Crippen molar-refractivity contribution < 1.29 is 22.7 Å². The van der Waals surface area contributed by atoms with Crippen LogP contribution >= 0.6 is 27.3 Å². The van der Waals surface area contributed by atoms with Crippen molar-refractivity contribution in [2.75, 3.05) is 25.5 Å². The highest BCUT2D eigenvalue weighted by molar-refractivity contribution is 9.10. The molecule has 0 saturated heterocycles. The van der Waals surface area contributed by atoms with Crippen LogP contribution in [0.4, 0.5) is 5.69 Å². The summed E-state index contributed by atoms with van der Waals surface area (Å²) in [5, 5.41) is 0. The summed E-state index contributed by atoms with van der Waals surface area (Å²) in [5.41, 5.74) is 1.64. The number of hydrogen-bond donors (Lipinski definition) is 1. The second-order valence-electron chi connectivity index (χ2n) is 7.42. The quantitative estimate of drug-likeness (QED) is 0.329. The molecule has 1 heterocycles. The lowest BCUT2D eigenvalue weighted by Crippen LogP contribution is -2.19. The zero-order valence-corrected chi connectivity index (χ0v) is 22.1. The second-order valence-corrected chi connectivity index (χ2v) is 11.0. The number of carbonyl (C=O) groups excluding carboxylic acids is 1. The molecule has 1 amide bonds. The number of aromatic nitrogens is 1. The van der Waals surface area contributed by atoms with Crippen molar-refractivity contribution in [3.8, 4) is 5.75 Å². The largest absolute Gasteiger partial charge is 0.497 e. The van der Waals surface area contributed by atoms with Crippen molar-refractivity contribution in [2.24, 2.45) is 4.99 Å². The molecule has 1 aromatic heterocycles. The smallest absolute Gasteiger partial charge is 0.279 e. The minimum Gasteiger partial charge on any atom is -0.497 e. The van der Waals surface area contributed by atoms with Gasteiger partial charge in [0, 0.05) is 29.4 Å². The molecule has 0 aliphatic rings. The van der Waals surface area contributed by atoms with Gasteiger partial charge >= 0.3 is 0 Å². The first-order valence-electron chi connectivity index (χ1n) is 10.4. The maximum absolute atomic E-state index is 12.9. The average Bonchev–Trinajstić information content (AvgIpc) is 3.18. The van der Waals surface area contributed by atoms with Gasteiger partial charge in [-0.05, 0) is 66.7 Å². The minimum atomic E-state index is -3.78. The number of hydrogen-bond acceptors (Lipinski definition) is 6. The van der Waals surface area contributed by atoms with Crippen LogP contribution in [0.25, 0.3) is 10.2 Å². The van der Waals surface area contributed by atoms with E-state index in [1.165, 1.54) is 42.7 Å². The summed E-state index contributed by atoms with van der Waals surface area (Å²) in [7, 11) is -0.651. The van der Waals surface area contributed by atoms with E-state index in [2.05, 4.69) is 25.6 Å². The second kappa shape index (κ2) is 10.7. The van der Waals surface area contributed by atoms with E-state index in [0.29, 0.717) is 35.0 Å². The third-order valence-corrected chi connectivity index (χ3v) is 8.05. The molecule has 8 nitrogen and oxygen atoms in total. The van der Waals surface area contributed by atoms with E-state index in [4.69, 9.17) is 9.47 Å². The van der Waals surface area contributed by atoms with E-state index < -0.39 is 15.9 Å². The van der Waals surface area contributed by atoms with Crippen LogP contribution in [-0.4, -0.2) is 39.7 Å². The van der Waals surface area contributed by atoms with E-state index in [1.807, 2.05) is 22.8 Å². The zero-order chi connectivity index (χ0) is 25.0. The lowest BCUT2D eigenvalue weighted by molar-refractivity contribution is 0.0997. The fourth-order valence-electron chi connectivity index (χ4n) is 3.33. The summed E-state index contributed by atoms with van der Waals surface area (Å²) in [5.74, 6) is 0.136. The first-order valence-corrected chi connectivity index (χ1v) is 13.5. The lowest BCUT2D eigenvalue weighted by Gasteiger charge is -2.09. The number of ether oxygens (including phenoxy) is 2. The lowest BCUT2D eigenvalue weighted by atomic mass is 10.2. The third kappa shape index (κ3) is 5.81. The SMILES string of the molecule is COCCn1c(=NC(=O)c2ccc(NS(=O)(=O)c3ccc(OC)cc3)cc2)sc2cc(Br)ccc21. The monoisotopic (exact) mass is 575 g/mol. The molecule has 0 unspecified atom stereocenters. The molecule has 0 fully saturated rings. The maximum atomic E-state index is 12.9. The summed E-state index contributed by atoms with van der Waals surface area (Å²) in [4.78, 5) is 17.9. The predicted octanol–water partition coefficient (Wildman–Crippen LogP) is 4.66. The molecular weight excluding hydrogens is 554 g/mol. The first kappa shape index (κ1) is 25.1. The van der Waals surface area contributed by atoms with Gasteiger partial charge in [0.2, 0.25) is 0 Å². The Balaban J connectivity index is 1.58. The van der Waals surface area contributed by atoms with Crippen molar-refractivity contribution in [3.05, 3.63) is 81.6 Å². The van der Waals surface area contributed by atoms with Gasteiger partial charge in [-0.1, -0.05) is 27.3 Å². The fourth-order valence-corrected chi connectivity index (χ4v) is 6.00. The predicted molar refractivity (Wildman–Crippen MR) is 140 cm³/mol. The van der Waals surface area contributed by atoms with Gasteiger partial charge in [-0.3, -0.25) is 9.52 Å². The molecule has 0 aliphatic heterocycles. The van der Waals surface area contributed by atoms with Crippen LogP contribution in [0, 0.1) is 0 Å². The normalized spacial score (nSPS) is 12.1. The maximum Gasteiger partial charge on any atom is 0.279 e. The highest BCUT2D eigenvalue weighted by Crippen LogP contribution is 2.23. The van der Waals surface area contributed by atoms with Gasteiger partial charge in [-0.2, -0.15) is 4.99 Å². The molecule has 0 spiro atoms. The van der Waals surface area contributed by atoms with Crippen molar-refractivity contribution in [1.29, 1.82) is 0 Å². The van der Waals surface area contributed by atoms with Gasteiger partial charge < -0.3 is 14.0 Å². The fraction of sp³-hybridized carbons (Fsp3) is 0.167. The number of benzene rings is 3. The Kier molecular flexibility index (Phi) is 7.70. The van der Waals surface area contributed by atoms with E-state index in [1.54, 1.807) is 31.4 Å². The molecule has 1 N–H and O–H groups in total. The summed E-state index contributed by atoms with van der Waals surface area (Å²) < 4.78 is 42.0.